The van der Waals surface area contributed by atoms with Gasteiger partial charge in [0.15, 0.2) is 5.75 Å². The quantitative estimate of drug-likeness (QED) is 0.0722. The number of rotatable bonds is 12. The highest BCUT2D eigenvalue weighted by Crippen LogP contribution is 2.50. The van der Waals surface area contributed by atoms with Crippen molar-refractivity contribution in [2.45, 2.75) is 63.7 Å². The Morgan fingerprint density at radius 3 is 1.98 bits per heavy atom. The minimum atomic E-state index is -3.86. The van der Waals surface area contributed by atoms with Crippen LogP contribution < -0.4 is 31.4 Å². The molecule has 3 aliphatic heterocycles. The van der Waals surface area contributed by atoms with Gasteiger partial charge < -0.3 is 10.6 Å². The standard InChI is InChI=1S/C22H30N2O6S.C18H15P/c23-22(25)18-14-17-13-16-8-6-10-24-11-9-15(19(20(16)24)21(17)30-29-18)7-4-2-1-3-5-12-31(26,27)28;1-4-10-16(11-5-1)19(17-12-6-2-7-13-17)18-14-8-3-9-15-18/h13-15H,1-12H2,(H2,23,25)(H,26,27,28);1-15H. The van der Waals surface area contributed by atoms with Crippen molar-refractivity contribution in [2.24, 2.45) is 5.73 Å². The Kier molecular flexibility index (Phi) is 11.9. The van der Waals surface area contributed by atoms with E-state index in [0.717, 1.165) is 70.0 Å². The second-order valence-electron chi connectivity index (χ2n) is 13.0. The predicted molar refractivity (Wildman–Crippen MR) is 202 cm³/mol. The second kappa shape index (κ2) is 16.7. The number of aryl methyl sites for hydroxylation is 1. The van der Waals surface area contributed by atoms with Crippen LogP contribution in [-0.4, -0.2) is 37.7 Å². The van der Waals surface area contributed by atoms with Crippen molar-refractivity contribution in [3.05, 3.63) is 120 Å². The first-order chi connectivity index (χ1) is 24.3. The Hall–Kier alpha value is -4.17. The Labute approximate surface area is 296 Å². The first-order valence-electron chi connectivity index (χ1n) is 17.5. The van der Waals surface area contributed by atoms with Crippen molar-refractivity contribution in [2.75, 3.05) is 23.7 Å². The summed E-state index contributed by atoms with van der Waals surface area (Å²) < 4.78 is 30.4. The third-order valence-corrected chi connectivity index (χ3v) is 12.7. The summed E-state index contributed by atoms with van der Waals surface area (Å²) in [6.45, 7) is 2.07. The first kappa shape index (κ1) is 35.6. The molecule has 1 unspecified atom stereocenters. The van der Waals surface area contributed by atoms with E-state index in [1.807, 2.05) is 0 Å². The zero-order valence-corrected chi connectivity index (χ0v) is 30.0. The lowest BCUT2D eigenvalue weighted by molar-refractivity contribution is -0.175. The Bertz CT molecular complexity index is 1790. The summed E-state index contributed by atoms with van der Waals surface area (Å²) in [4.78, 5) is 24.8. The number of carbonyl (C=O) groups is 1. The number of nitrogens with zero attached hydrogens (tertiary/aromatic N) is 1. The van der Waals surface area contributed by atoms with Gasteiger partial charge in [-0.15, -0.1) is 0 Å². The van der Waals surface area contributed by atoms with Gasteiger partial charge >= 0.3 is 0 Å². The smallest absolute Gasteiger partial charge is 0.289 e. The van der Waals surface area contributed by atoms with E-state index < -0.39 is 23.9 Å². The second-order valence-corrected chi connectivity index (χ2v) is 16.8. The number of nitrogens with two attached hydrogens (primary N) is 1. The Morgan fingerprint density at radius 2 is 1.40 bits per heavy atom. The molecule has 0 saturated carbocycles. The summed E-state index contributed by atoms with van der Waals surface area (Å²) in [6.07, 6.45) is 10.2. The number of amides is 1. The SMILES string of the molecule is NC(=O)C1=Cc2cc3c4c(c2OO1)C(CCCCCCCS(=O)(=O)O)CCN4CCC3.c1ccc(P(c2ccccc2)c2ccccc2)cc1. The lowest BCUT2D eigenvalue weighted by Gasteiger charge is -2.41. The molecule has 3 heterocycles. The van der Waals surface area contributed by atoms with Crippen LogP contribution in [0.1, 0.15) is 74.0 Å². The van der Waals surface area contributed by atoms with Gasteiger partial charge in [0, 0.05) is 36.0 Å². The largest absolute Gasteiger partial charge is 0.371 e. The number of unbranched alkanes of at least 4 members (excludes halogenated alkanes) is 4. The van der Waals surface area contributed by atoms with Crippen molar-refractivity contribution in [3.63, 3.8) is 0 Å². The maximum atomic E-state index is 11.5. The topological polar surface area (TPSA) is 119 Å². The molecule has 50 heavy (non-hydrogen) atoms. The Balaban J connectivity index is 0.000000194. The lowest BCUT2D eigenvalue weighted by atomic mass is 9.80. The maximum absolute atomic E-state index is 11.5. The number of benzene rings is 4. The van der Waals surface area contributed by atoms with E-state index in [2.05, 4.69) is 102 Å². The van der Waals surface area contributed by atoms with Gasteiger partial charge in [0.2, 0.25) is 5.76 Å². The van der Waals surface area contributed by atoms with Gasteiger partial charge in [-0.2, -0.15) is 8.42 Å². The third kappa shape index (κ3) is 8.94. The predicted octanol–water partition coefficient (Wildman–Crippen LogP) is 6.75. The van der Waals surface area contributed by atoms with Crippen LogP contribution in [0.3, 0.4) is 0 Å². The molecule has 262 valence electrons. The van der Waals surface area contributed by atoms with Crippen LogP contribution in [0, 0.1) is 0 Å². The van der Waals surface area contributed by atoms with Gasteiger partial charge in [-0.05, 0) is 73.5 Å². The molecule has 1 atom stereocenters. The van der Waals surface area contributed by atoms with E-state index in [1.54, 1.807) is 6.08 Å². The van der Waals surface area contributed by atoms with Crippen LogP contribution in [0.15, 0.2) is 103 Å². The van der Waals surface area contributed by atoms with E-state index in [9.17, 15) is 13.2 Å². The van der Waals surface area contributed by atoms with Gasteiger partial charge in [0.1, 0.15) is 0 Å². The summed E-state index contributed by atoms with van der Waals surface area (Å²) in [5.41, 5.74) is 9.97. The lowest BCUT2D eigenvalue weighted by Crippen LogP contribution is -2.36. The van der Waals surface area contributed by atoms with Crippen molar-refractivity contribution < 1.29 is 27.5 Å². The van der Waals surface area contributed by atoms with Crippen molar-refractivity contribution in [1.82, 2.24) is 0 Å². The number of primary amides is 1. The molecule has 0 radical (unpaired) electrons. The molecule has 4 aromatic carbocycles. The molecule has 7 rings (SSSR count). The summed E-state index contributed by atoms with van der Waals surface area (Å²) >= 11 is 0. The van der Waals surface area contributed by atoms with Crippen LogP contribution in [0.25, 0.3) is 6.08 Å². The van der Waals surface area contributed by atoms with Crippen LogP contribution in [0.2, 0.25) is 0 Å². The van der Waals surface area contributed by atoms with Gasteiger partial charge in [-0.3, -0.25) is 19.1 Å². The fraction of sp³-hybridized carbons (Fsp3) is 0.325. The number of fused-ring (bicyclic) bond motifs is 2. The van der Waals surface area contributed by atoms with E-state index in [-0.39, 0.29) is 11.5 Å². The molecule has 0 spiro atoms. The number of hydrogen-bond donors (Lipinski definition) is 2. The van der Waals surface area contributed by atoms with E-state index >= 15 is 0 Å². The monoisotopic (exact) mass is 712 g/mol. The van der Waals surface area contributed by atoms with Gasteiger partial charge in [-0.1, -0.05) is 117 Å². The molecule has 4 aromatic rings. The molecule has 0 aromatic heterocycles. The fourth-order valence-corrected chi connectivity index (χ4v) is 10.1. The summed E-state index contributed by atoms with van der Waals surface area (Å²) in [5.74, 6) is 0.261. The van der Waals surface area contributed by atoms with Crippen molar-refractivity contribution in [1.29, 1.82) is 0 Å². The van der Waals surface area contributed by atoms with Crippen LogP contribution in [0.4, 0.5) is 5.69 Å². The number of hydrogen-bond acceptors (Lipinski definition) is 6. The third-order valence-electron chi connectivity index (χ3n) is 9.48. The molecule has 3 N–H and O–H groups in total. The summed E-state index contributed by atoms with van der Waals surface area (Å²) in [5, 5.41) is 4.19. The molecule has 1 amide bonds. The fourth-order valence-electron chi connectivity index (χ4n) is 7.19. The van der Waals surface area contributed by atoms with Gasteiger partial charge in [-0.25, -0.2) is 0 Å². The molecule has 0 saturated heterocycles. The zero-order chi connectivity index (χ0) is 34.9. The number of anilines is 1. The van der Waals surface area contributed by atoms with Gasteiger partial charge in [0.25, 0.3) is 16.0 Å². The van der Waals surface area contributed by atoms with Crippen LogP contribution >= 0.6 is 7.92 Å². The minimum absolute atomic E-state index is 0.0181. The van der Waals surface area contributed by atoms with Crippen LogP contribution in [0.5, 0.6) is 5.75 Å². The molecule has 0 fully saturated rings. The molecule has 0 bridgehead atoms. The average Bonchev–Trinajstić information content (AvgIpc) is 3.13. The highest BCUT2D eigenvalue weighted by atomic mass is 32.2. The van der Waals surface area contributed by atoms with Crippen molar-refractivity contribution >= 4 is 51.6 Å². The summed E-state index contributed by atoms with van der Waals surface area (Å²) in [6, 6.07) is 34.4. The molecular weight excluding hydrogens is 667 g/mol. The van der Waals surface area contributed by atoms with Crippen LogP contribution in [-0.2, 0) is 26.2 Å². The maximum Gasteiger partial charge on any atom is 0.289 e. The molecule has 3 aliphatic rings. The van der Waals surface area contributed by atoms with E-state index in [1.165, 1.54) is 32.7 Å². The van der Waals surface area contributed by atoms with Gasteiger partial charge in [0.05, 0.1) is 5.75 Å². The first-order valence-corrected chi connectivity index (χ1v) is 20.4. The highest BCUT2D eigenvalue weighted by Gasteiger charge is 2.35. The van der Waals surface area contributed by atoms with E-state index in [0.29, 0.717) is 18.1 Å². The average molecular weight is 713 g/mol. The minimum Gasteiger partial charge on any atom is -0.371 e. The Morgan fingerprint density at radius 1 is 0.820 bits per heavy atom. The zero-order valence-electron chi connectivity index (χ0n) is 28.2. The van der Waals surface area contributed by atoms with E-state index in [4.69, 9.17) is 20.1 Å². The summed E-state index contributed by atoms with van der Waals surface area (Å²) in [7, 11) is -4.30. The molecule has 8 nitrogen and oxygen atoms in total. The molecule has 0 aliphatic carbocycles. The normalized spacial score (nSPS) is 16.2. The van der Waals surface area contributed by atoms with Crippen molar-refractivity contribution in [3.8, 4) is 5.75 Å². The molecular formula is C40H45N2O6PS. The number of carbonyl (C=O) groups excluding carboxylic acids is 1. The highest BCUT2D eigenvalue weighted by molar-refractivity contribution is 7.85. The molecule has 10 heteroatoms.